The van der Waals surface area contributed by atoms with Gasteiger partial charge in [0.2, 0.25) is 6.41 Å². The fraction of sp³-hybridized carbons (Fsp3) is 0.143. The number of anilines is 1. The maximum absolute atomic E-state index is 10.2. The summed E-state index contributed by atoms with van der Waals surface area (Å²) in [6, 6.07) is 1.49. The van der Waals surface area contributed by atoms with E-state index in [2.05, 4.69) is 5.32 Å². The lowest BCUT2D eigenvalue weighted by Gasteiger charge is -1.95. The molecule has 0 aromatic carbocycles. The van der Waals surface area contributed by atoms with E-state index in [0.29, 0.717) is 12.1 Å². The first-order chi connectivity index (χ1) is 5.74. The molecular weight excluding hydrogens is 162 g/mol. The Morgan fingerprint density at radius 3 is 3.08 bits per heavy atom. The van der Waals surface area contributed by atoms with E-state index < -0.39 is 5.97 Å². The zero-order chi connectivity index (χ0) is 8.97. The topological polar surface area (TPSA) is 79.5 Å². The summed E-state index contributed by atoms with van der Waals surface area (Å²) in [5.41, 5.74) is 0.396. The number of carbonyl (C=O) groups excluding carboxylic acids is 1. The maximum atomic E-state index is 10.2. The molecule has 1 aromatic heterocycles. The average molecular weight is 169 g/mol. The van der Waals surface area contributed by atoms with Crippen LogP contribution in [0, 0.1) is 0 Å². The van der Waals surface area contributed by atoms with Crippen molar-refractivity contribution >= 4 is 18.1 Å². The molecule has 5 heteroatoms. The minimum Gasteiger partial charge on any atom is -0.481 e. The largest absolute Gasteiger partial charge is 0.481 e. The van der Waals surface area contributed by atoms with Gasteiger partial charge in [0.15, 0.2) is 0 Å². The van der Waals surface area contributed by atoms with Crippen molar-refractivity contribution < 1.29 is 19.1 Å². The summed E-state index contributed by atoms with van der Waals surface area (Å²) in [5, 5.41) is 10.7. The van der Waals surface area contributed by atoms with E-state index in [1.165, 1.54) is 12.3 Å². The smallest absolute Gasteiger partial charge is 0.311 e. The molecule has 1 heterocycles. The number of carboxylic acids is 1. The Morgan fingerprint density at radius 1 is 1.75 bits per heavy atom. The molecule has 2 N–H and O–H groups in total. The van der Waals surface area contributed by atoms with Gasteiger partial charge in [-0.05, 0) is 0 Å². The van der Waals surface area contributed by atoms with E-state index in [0.717, 1.165) is 0 Å². The number of rotatable bonds is 4. The molecule has 1 aromatic rings. The third-order valence-corrected chi connectivity index (χ3v) is 1.27. The number of aliphatic carboxylic acids is 1. The fourth-order valence-electron chi connectivity index (χ4n) is 0.807. The van der Waals surface area contributed by atoms with Crippen molar-refractivity contribution in [1.82, 2.24) is 0 Å². The highest BCUT2D eigenvalue weighted by atomic mass is 16.4. The molecule has 64 valence electrons. The third-order valence-electron chi connectivity index (χ3n) is 1.27. The molecule has 1 rings (SSSR count). The Labute approximate surface area is 68.0 Å². The van der Waals surface area contributed by atoms with E-state index in [1.54, 1.807) is 0 Å². The van der Waals surface area contributed by atoms with Crippen molar-refractivity contribution in [3.8, 4) is 0 Å². The van der Waals surface area contributed by atoms with E-state index in [9.17, 15) is 9.59 Å². The lowest BCUT2D eigenvalue weighted by molar-refractivity contribution is -0.136. The molecule has 0 fully saturated rings. The Morgan fingerprint density at radius 2 is 2.50 bits per heavy atom. The van der Waals surface area contributed by atoms with Gasteiger partial charge in [-0.3, -0.25) is 9.59 Å². The van der Waals surface area contributed by atoms with E-state index >= 15 is 0 Å². The molecule has 0 unspecified atom stereocenters. The van der Waals surface area contributed by atoms with Crippen LogP contribution >= 0.6 is 0 Å². The molecule has 1 amide bonds. The summed E-state index contributed by atoms with van der Waals surface area (Å²) in [4.78, 5) is 20.3. The fourth-order valence-corrected chi connectivity index (χ4v) is 0.807. The number of hydrogen-bond donors (Lipinski definition) is 2. The number of carbonyl (C=O) groups is 2. The average Bonchev–Trinajstić information content (AvgIpc) is 2.37. The molecule has 0 atom stereocenters. The van der Waals surface area contributed by atoms with Crippen LogP contribution in [-0.4, -0.2) is 17.5 Å². The van der Waals surface area contributed by atoms with Crippen LogP contribution in [0.4, 0.5) is 5.69 Å². The van der Waals surface area contributed by atoms with Gasteiger partial charge in [-0.1, -0.05) is 0 Å². The lowest BCUT2D eigenvalue weighted by atomic mass is 10.3. The molecule has 0 aliphatic heterocycles. The predicted octanol–water partition coefficient (Wildman–Crippen LogP) is 0.475. The van der Waals surface area contributed by atoms with Crippen molar-refractivity contribution in [2.45, 2.75) is 6.42 Å². The first-order valence-electron chi connectivity index (χ1n) is 3.22. The second-order valence-corrected chi connectivity index (χ2v) is 2.09. The second kappa shape index (κ2) is 3.56. The van der Waals surface area contributed by atoms with Crippen LogP contribution in [0.5, 0.6) is 0 Å². The van der Waals surface area contributed by atoms with E-state index in [1.807, 2.05) is 0 Å². The van der Waals surface area contributed by atoms with Gasteiger partial charge in [-0.2, -0.15) is 0 Å². The third kappa shape index (κ3) is 1.85. The standard InChI is InChI=1S/C7H7NO4/c9-4-8-5-1-2-12-6(5)3-7(10)11/h1-2,4H,3H2,(H,8,9)(H,10,11). The minimum atomic E-state index is -1.00. The number of hydrogen-bond acceptors (Lipinski definition) is 3. The maximum Gasteiger partial charge on any atom is 0.311 e. The highest BCUT2D eigenvalue weighted by molar-refractivity contribution is 5.77. The van der Waals surface area contributed by atoms with E-state index in [4.69, 9.17) is 9.52 Å². The van der Waals surface area contributed by atoms with Crippen LogP contribution in [-0.2, 0) is 16.0 Å². The Hall–Kier alpha value is -1.78. The molecule has 0 bridgehead atoms. The van der Waals surface area contributed by atoms with Gasteiger partial charge >= 0.3 is 5.97 Å². The summed E-state index contributed by atoms with van der Waals surface area (Å²) in [7, 11) is 0. The van der Waals surface area contributed by atoms with Crippen LogP contribution in [0.25, 0.3) is 0 Å². The molecule has 0 radical (unpaired) electrons. The van der Waals surface area contributed by atoms with Crippen molar-refractivity contribution in [1.29, 1.82) is 0 Å². The quantitative estimate of drug-likeness (QED) is 0.642. The van der Waals surface area contributed by atoms with Crippen molar-refractivity contribution in [3.63, 3.8) is 0 Å². The number of amides is 1. The molecule has 0 spiro atoms. The van der Waals surface area contributed by atoms with Gasteiger partial charge in [0, 0.05) is 6.07 Å². The van der Waals surface area contributed by atoms with E-state index in [-0.39, 0.29) is 12.2 Å². The zero-order valence-corrected chi connectivity index (χ0v) is 6.11. The molecule has 0 aliphatic rings. The number of nitrogens with one attached hydrogen (secondary N) is 1. The zero-order valence-electron chi connectivity index (χ0n) is 6.11. The van der Waals surface area contributed by atoms with Gasteiger partial charge in [-0.25, -0.2) is 0 Å². The summed E-state index contributed by atoms with van der Waals surface area (Å²) < 4.78 is 4.83. The second-order valence-electron chi connectivity index (χ2n) is 2.09. The number of furan rings is 1. The van der Waals surface area contributed by atoms with Crippen molar-refractivity contribution in [3.05, 3.63) is 18.1 Å². The van der Waals surface area contributed by atoms with Crippen LogP contribution < -0.4 is 5.32 Å². The highest BCUT2D eigenvalue weighted by Crippen LogP contribution is 2.16. The van der Waals surface area contributed by atoms with Gasteiger partial charge in [-0.15, -0.1) is 0 Å². The highest BCUT2D eigenvalue weighted by Gasteiger charge is 2.09. The first-order valence-corrected chi connectivity index (χ1v) is 3.22. The Bertz CT molecular complexity index is 291. The summed E-state index contributed by atoms with van der Waals surface area (Å²) in [6.45, 7) is 0. The minimum absolute atomic E-state index is 0.233. The molecule has 0 saturated heterocycles. The molecule has 5 nitrogen and oxygen atoms in total. The van der Waals surface area contributed by atoms with Crippen LogP contribution in [0.1, 0.15) is 5.76 Å². The normalized spacial score (nSPS) is 9.33. The van der Waals surface area contributed by atoms with Crippen LogP contribution in [0.3, 0.4) is 0 Å². The summed E-state index contributed by atoms with van der Waals surface area (Å²) in [5.74, 6) is -0.756. The van der Waals surface area contributed by atoms with Crippen LogP contribution in [0.2, 0.25) is 0 Å². The van der Waals surface area contributed by atoms with Crippen molar-refractivity contribution in [2.75, 3.05) is 5.32 Å². The summed E-state index contributed by atoms with van der Waals surface area (Å²) >= 11 is 0. The SMILES string of the molecule is O=CNc1ccoc1CC(=O)O. The van der Waals surface area contributed by atoms with Gasteiger partial charge < -0.3 is 14.8 Å². The Kier molecular flexibility index (Phi) is 2.47. The molecular formula is C7H7NO4. The molecule has 12 heavy (non-hydrogen) atoms. The summed E-state index contributed by atoms with van der Waals surface area (Å²) in [6.07, 6.45) is 1.56. The Balaban J connectivity index is 2.76. The molecule has 0 saturated carbocycles. The van der Waals surface area contributed by atoms with Crippen molar-refractivity contribution in [2.24, 2.45) is 0 Å². The number of carboxylic acid groups (broad SMARTS) is 1. The predicted molar refractivity (Wildman–Crippen MR) is 39.7 cm³/mol. The van der Waals surface area contributed by atoms with Crippen LogP contribution in [0.15, 0.2) is 16.7 Å². The van der Waals surface area contributed by atoms with Gasteiger partial charge in [0.25, 0.3) is 0 Å². The van der Waals surface area contributed by atoms with Gasteiger partial charge in [0.1, 0.15) is 12.2 Å². The first kappa shape index (κ1) is 8.32. The lowest BCUT2D eigenvalue weighted by Crippen LogP contribution is -2.02. The monoisotopic (exact) mass is 169 g/mol. The van der Waals surface area contributed by atoms with Gasteiger partial charge in [0.05, 0.1) is 12.0 Å². The molecule has 0 aliphatic carbocycles.